The third kappa shape index (κ3) is 1.25. The zero-order valence-corrected chi connectivity index (χ0v) is 10.0. The van der Waals surface area contributed by atoms with Gasteiger partial charge in [-0.25, -0.2) is 9.78 Å². The van der Waals surface area contributed by atoms with E-state index in [0.717, 1.165) is 11.0 Å². The van der Waals surface area contributed by atoms with Crippen molar-refractivity contribution in [3.63, 3.8) is 0 Å². The van der Waals surface area contributed by atoms with E-state index < -0.39 is 11.6 Å². The summed E-state index contributed by atoms with van der Waals surface area (Å²) in [5, 5.41) is 4.85. The number of imide groups is 1. The first-order chi connectivity index (χ1) is 8.52. The van der Waals surface area contributed by atoms with Crippen molar-refractivity contribution in [2.45, 2.75) is 12.5 Å². The van der Waals surface area contributed by atoms with Gasteiger partial charge in [-0.15, -0.1) is 0 Å². The van der Waals surface area contributed by atoms with E-state index in [1.807, 2.05) is 35.9 Å². The molecule has 92 valence electrons. The minimum Gasteiger partial charge on any atom is -0.329 e. The lowest BCUT2D eigenvalue weighted by Gasteiger charge is -2.19. The van der Waals surface area contributed by atoms with Crippen LogP contribution >= 0.6 is 0 Å². The number of carbonyl (C=O) groups excluding carboxylic acids is 2. The van der Waals surface area contributed by atoms with Crippen molar-refractivity contribution >= 4 is 23.0 Å². The summed E-state index contributed by atoms with van der Waals surface area (Å²) in [5.74, 6) is 0.137. The number of aryl methyl sites for hydroxylation is 1. The molecule has 1 aliphatic rings. The van der Waals surface area contributed by atoms with Gasteiger partial charge in [0.15, 0.2) is 5.54 Å². The van der Waals surface area contributed by atoms with Gasteiger partial charge in [0.2, 0.25) is 0 Å². The molecule has 1 atom stereocenters. The minimum absolute atomic E-state index is 0.383. The first kappa shape index (κ1) is 10.8. The molecule has 1 unspecified atom stereocenters. The molecule has 0 aliphatic carbocycles. The van der Waals surface area contributed by atoms with Crippen molar-refractivity contribution in [1.82, 2.24) is 20.2 Å². The summed E-state index contributed by atoms with van der Waals surface area (Å²) in [6, 6.07) is 7.09. The van der Waals surface area contributed by atoms with E-state index >= 15 is 0 Å². The Balaban J connectivity index is 2.23. The summed E-state index contributed by atoms with van der Waals surface area (Å²) in [7, 11) is 1.83. The second kappa shape index (κ2) is 3.32. The number of amides is 3. The van der Waals surface area contributed by atoms with Crippen LogP contribution in [-0.2, 0) is 17.4 Å². The molecule has 1 aliphatic heterocycles. The van der Waals surface area contributed by atoms with E-state index in [4.69, 9.17) is 0 Å². The number of benzene rings is 1. The molecule has 3 rings (SSSR count). The quantitative estimate of drug-likeness (QED) is 0.722. The zero-order valence-electron chi connectivity index (χ0n) is 10.0. The topological polar surface area (TPSA) is 76.0 Å². The number of hydrogen-bond donors (Lipinski definition) is 2. The molecule has 6 nitrogen and oxygen atoms in total. The van der Waals surface area contributed by atoms with E-state index in [2.05, 4.69) is 15.6 Å². The molecule has 1 saturated heterocycles. The molecule has 18 heavy (non-hydrogen) atoms. The maximum Gasteiger partial charge on any atom is 0.322 e. The summed E-state index contributed by atoms with van der Waals surface area (Å²) in [6.45, 7) is 1.65. The van der Waals surface area contributed by atoms with E-state index in [1.54, 1.807) is 6.92 Å². The second-order valence-electron chi connectivity index (χ2n) is 4.52. The highest BCUT2D eigenvalue weighted by Crippen LogP contribution is 2.26. The standard InChI is InChI=1S/C12H12N4O2/c1-12(10(17)14-11(18)15-12)9-13-7-5-3-4-6-8(7)16(9)2/h3-6H,1-2H3,(H2,14,15,17,18). The number of nitrogens with one attached hydrogen (secondary N) is 2. The van der Waals surface area contributed by atoms with Crippen molar-refractivity contribution in [3.8, 4) is 0 Å². The van der Waals surface area contributed by atoms with Crippen molar-refractivity contribution in [1.29, 1.82) is 0 Å². The first-order valence-corrected chi connectivity index (χ1v) is 5.58. The maximum absolute atomic E-state index is 11.9. The fraction of sp³-hybridized carbons (Fsp3) is 0.250. The van der Waals surface area contributed by atoms with Gasteiger partial charge in [0.05, 0.1) is 11.0 Å². The summed E-state index contributed by atoms with van der Waals surface area (Å²) >= 11 is 0. The summed E-state index contributed by atoms with van der Waals surface area (Å²) in [5.41, 5.74) is 0.595. The van der Waals surface area contributed by atoms with Gasteiger partial charge in [0, 0.05) is 7.05 Å². The Hall–Kier alpha value is -2.37. The molecular weight excluding hydrogens is 232 g/mol. The van der Waals surface area contributed by atoms with Crippen LogP contribution in [0.15, 0.2) is 24.3 Å². The average Bonchev–Trinajstić information content (AvgIpc) is 2.79. The molecule has 0 radical (unpaired) electrons. The summed E-state index contributed by atoms with van der Waals surface area (Å²) in [4.78, 5) is 27.6. The number of fused-ring (bicyclic) bond motifs is 1. The van der Waals surface area contributed by atoms with E-state index in [9.17, 15) is 9.59 Å². The van der Waals surface area contributed by atoms with Crippen LogP contribution in [0.2, 0.25) is 0 Å². The van der Waals surface area contributed by atoms with Gasteiger partial charge in [-0.3, -0.25) is 10.1 Å². The Morgan fingerprint density at radius 2 is 2.00 bits per heavy atom. The summed E-state index contributed by atoms with van der Waals surface area (Å²) in [6.07, 6.45) is 0. The number of rotatable bonds is 1. The van der Waals surface area contributed by atoms with Crippen LogP contribution in [0.4, 0.5) is 4.79 Å². The Labute approximate surface area is 103 Å². The lowest BCUT2D eigenvalue weighted by atomic mass is 10.0. The molecule has 2 aromatic rings. The third-order valence-electron chi connectivity index (χ3n) is 3.28. The molecule has 1 aromatic heterocycles. The van der Waals surface area contributed by atoms with Gasteiger partial charge in [-0.1, -0.05) is 12.1 Å². The van der Waals surface area contributed by atoms with Crippen molar-refractivity contribution in [2.24, 2.45) is 7.05 Å². The van der Waals surface area contributed by atoms with Crippen LogP contribution in [0.5, 0.6) is 0 Å². The monoisotopic (exact) mass is 244 g/mol. The molecule has 1 aromatic carbocycles. The molecule has 0 saturated carbocycles. The van der Waals surface area contributed by atoms with Crippen molar-refractivity contribution in [2.75, 3.05) is 0 Å². The molecule has 3 amide bonds. The van der Waals surface area contributed by atoms with Crippen LogP contribution in [0.25, 0.3) is 11.0 Å². The maximum atomic E-state index is 11.9. The highest BCUT2D eigenvalue weighted by Gasteiger charge is 2.46. The van der Waals surface area contributed by atoms with E-state index in [-0.39, 0.29) is 5.91 Å². The minimum atomic E-state index is -1.12. The average molecular weight is 244 g/mol. The molecule has 0 bridgehead atoms. The highest BCUT2D eigenvalue weighted by atomic mass is 16.2. The van der Waals surface area contributed by atoms with Gasteiger partial charge in [0.25, 0.3) is 5.91 Å². The lowest BCUT2D eigenvalue weighted by molar-refractivity contribution is -0.124. The van der Waals surface area contributed by atoms with E-state index in [1.165, 1.54) is 0 Å². The Bertz CT molecular complexity index is 676. The number of carbonyl (C=O) groups is 2. The van der Waals surface area contributed by atoms with Crippen LogP contribution in [-0.4, -0.2) is 21.5 Å². The Morgan fingerprint density at radius 1 is 1.28 bits per heavy atom. The molecular formula is C12H12N4O2. The van der Waals surface area contributed by atoms with Gasteiger partial charge < -0.3 is 9.88 Å². The predicted molar refractivity (Wildman–Crippen MR) is 64.7 cm³/mol. The molecule has 6 heteroatoms. The molecule has 2 heterocycles. The number of nitrogens with zero attached hydrogens (tertiary/aromatic N) is 2. The van der Waals surface area contributed by atoms with E-state index in [0.29, 0.717) is 5.82 Å². The van der Waals surface area contributed by atoms with Crippen LogP contribution in [0, 0.1) is 0 Å². The van der Waals surface area contributed by atoms with Gasteiger partial charge in [-0.2, -0.15) is 0 Å². The smallest absolute Gasteiger partial charge is 0.322 e. The van der Waals surface area contributed by atoms with Crippen molar-refractivity contribution < 1.29 is 9.59 Å². The van der Waals surface area contributed by atoms with Gasteiger partial charge in [0.1, 0.15) is 5.82 Å². The SMILES string of the molecule is Cn1c(C2(C)NC(=O)NC2=O)nc2ccccc21. The van der Waals surface area contributed by atoms with Crippen LogP contribution in [0.3, 0.4) is 0 Å². The number of para-hydroxylation sites is 2. The molecule has 1 fully saturated rings. The first-order valence-electron chi connectivity index (χ1n) is 5.58. The fourth-order valence-electron chi connectivity index (χ4n) is 2.29. The summed E-state index contributed by atoms with van der Waals surface area (Å²) < 4.78 is 1.82. The number of urea groups is 1. The zero-order chi connectivity index (χ0) is 12.9. The van der Waals surface area contributed by atoms with Crippen LogP contribution in [0.1, 0.15) is 12.7 Å². The number of hydrogen-bond acceptors (Lipinski definition) is 3. The fourth-order valence-corrected chi connectivity index (χ4v) is 2.29. The largest absolute Gasteiger partial charge is 0.329 e. The molecule has 2 N–H and O–H groups in total. The molecule has 0 spiro atoms. The number of imidazole rings is 1. The number of aromatic nitrogens is 2. The highest BCUT2D eigenvalue weighted by molar-refractivity contribution is 6.07. The lowest BCUT2D eigenvalue weighted by Crippen LogP contribution is -2.42. The third-order valence-corrected chi connectivity index (χ3v) is 3.28. The normalized spacial score (nSPS) is 23.2. The van der Waals surface area contributed by atoms with Gasteiger partial charge in [-0.05, 0) is 19.1 Å². The Kier molecular flexibility index (Phi) is 1.98. The predicted octanol–water partition coefficient (Wildman–Crippen LogP) is 0.628. The van der Waals surface area contributed by atoms with Crippen LogP contribution < -0.4 is 10.6 Å². The van der Waals surface area contributed by atoms with Crippen molar-refractivity contribution in [3.05, 3.63) is 30.1 Å². The Morgan fingerprint density at radius 3 is 2.61 bits per heavy atom. The second-order valence-corrected chi connectivity index (χ2v) is 4.52. The van der Waals surface area contributed by atoms with Gasteiger partial charge >= 0.3 is 6.03 Å².